The minimum atomic E-state index is 0.761. The van der Waals surface area contributed by atoms with Crippen molar-refractivity contribution < 1.29 is 0 Å². The first-order valence-electron chi connectivity index (χ1n) is 8.62. The van der Waals surface area contributed by atoms with Gasteiger partial charge in [-0.25, -0.2) is 0 Å². The van der Waals surface area contributed by atoms with Gasteiger partial charge in [0.15, 0.2) is 0 Å². The van der Waals surface area contributed by atoms with Crippen LogP contribution < -0.4 is 5.32 Å². The summed E-state index contributed by atoms with van der Waals surface area (Å²) in [6.45, 7) is 3.65. The fraction of sp³-hybridized carbons (Fsp3) is 1.00. The molecule has 0 amide bonds. The van der Waals surface area contributed by atoms with E-state index >= 15 is 0 Å². The minimum absolute atomic E-state index is 0.761. The van der Waals surface area contributed by atoms with E-state index in [1.54, 1.807) is 0 Å². The Labute approximate surface area is 120 Å². The van der Waals surface area contributed by atoms with Gasteiger partial charge in [-0.15, -0.1) is 0 Å². The van der Waals surface area contributed by atoms with Crippen molar-refractivity contribution in [3.63, 3.8) is 0 Å². The highest BCUT2D eigenvalue weighted by Crippen LogP contribution is 2.33. The van der Waals surface area contributed by atoms with Gasteiger partial charge in [-0.05, 0) is 58.0 Å². The molecule has 112 valence electrons. The highest BCUT2D eigenvalue weighted by molar-refractivity contribution is 4.87. The van der Waals surface area contributed by atoms with E-state index in [1.807, 2.05) is 0 Å². The first-order chi connectivity index (χ1) is 9.24. The van der Waals surface area contributed by atoms with Crippen molar-refractivity contribution in [1.29, 1.82) is 0 Å². The quantitative estimate of drug-likeness (QED) is 0.789. The number of hydrogen-bond donors (Lipinski definition) is 1. The van der Waals surface area contributed by atoms with Crippen LogP contribution in [0, 0.1) is 11.8 Å². The third-order valence-corrected chi connectivity index (χ3v) is 5.63. The summed E-state index contributed by atoms with van der Waals surface area (Å²) in [5, 5.41) is 3.59. The molecule has 2 nitrogen and oxygen atoms in total. The number of nitrogens with zero attached hydrogens (tertiary/aromatic N) is 1. The molecule has 0 bridgehead atoms. The summed E-state index contributed by atoms with van der Waals surface area (Å²) < 4.78 is 0. The molecule has 19 heavy (non-hydrogen) atoms. The molecule has 0 aromatic carbocycles. The lowest BCUT2D eigenvalue weighted by Gasteiger charge is -2.39. The van der Waals surface area contributed by atoms with Crippen LogP contribution in [-0.2, 0) is 0 Å². The molecule has 0 aromatic rings. The lowest BCUT2D eigenvalue weighted by atomic mass is 9.76. The molecule has 2 aliphatic rings. The molecule has 0 saturated heterocycles. The van der Waals surface area contributed by atoms with E-state index in [2.05, 4.69) is 31.2 Å². The Morgan fingerprint density at radius 2 is 1.84 bits per heavy atom. The summed E-state index contributed by atoms with van der Waals surface area (Å²) in [5.74, 6) is 1.87. The Balaban J connectivity index is 1.86. The first kappa shape index (κ1) is 15.3. The van der Waals surface area contributed by atoms with Crippen molar-refractivity contribution in [3.8, 4) is 0 Å². The number of nitrogens with one attached hydrogen (secondary N) is 1. The van der Waals surface area contributed by atoms with Crippen molar-refractivity contribution >= 4 is 0 Å². The summed E-state index contributed by atoms with van der Waals surface area (Å²) in [7, 11) is 4.53. The van der Waals surface area contributed by atoms with Crippen LogP contribution in [0.3, 0.4) is 0 Å². The Kier molecular flexibility index (Phi) is 6.15. The fourth-order valence-electron chi connectivity index (χ4n) is 4.48. The number of rotatable bonds is 6. The Morgan fingerprint density at radius 1 is 1.11 bits per heavy atom. The van der Waals surface area contributed by atoms with Gasteiger partial charge in [0, 0.05) is 18.6 Å². The highest BCUT2D eigenvalue weighted by atomic mass is 15.1. The lowest BCUT2D eigenvalue weighted by Crippen LogP contribution is -2.45. The zero-order valence-electron chi connectivity index (χ0n) is 13.3. The van der Waals surface area contributed by atoms with Gasteiger partial charge in [0.1, 0.15) is 0 Å². The summed E-state index contributed by atoms with van der Waals surface area (Å²) in [5.41, 5.74) is 0. The van der Waals surface area contributed by atoms with Crippen LogP contribution >= 0.6 is 0 Å². The van der Waals surface area contributed by atoms with Gasteiger partial charge in [0.05, 0.1) is 0 Å². The minimum Gasteiger partial charge on any atom is -0.317 e. The second kappa shape index (κ2) is 7.64. The van der Waals surface area contributed by atoms with E-state index in [4.69, 9.17) is 0 Å². The van der Waals surface area contributed by atoms with Crippen molar-refractivity contribution in [1.82, 2.24) is 10.2 Å². The SMILES string of the molecule is CCCC1CCC(NC)C(CN(C)C2CCCC2)C1. The first-order valence-corrected chi connectivity index (χ1v) is 8.62. The van der Waals surface area contributed by atoms with E-state index in [0.29, 0.717) is 0 Å². The van der Waals surface area contributed by atoms with E-state index < -0.39 is 0 Å². The van der Waals surface area contributed by atoms with Gasteiger partial charge >= 0.3 is 0 Å². The monoisotopic (exact) mass is 266 g/mol. The molecule has 3 atom stereocenters. The van der Waals surface area contributed by atoms with Gasteiger partial charge in [-0.3, -0.25) is 0 Å². The second-order valence-electron chi connectivity index (χ2n) is 7.00. The molecule has 0 radical (unpaired) electrons. The number of hydrogen-bond acceptors (Lipinski definition) is 2. The Morgan fingerprint density at radius 3 is 2.47 bits per heavy atom. The molecule has 2 fully saturated rings. The van der Waals surface area contributed by atoms with Crippen LogP contribution in [0.5, 0.6) is 0 Å². The van der Waals surface area contributed by atoms with Gasteiger partial charge in [-0.1, -0.05) is 32.6 Å². The average Bonchev–Trinajstić information content (AvgIpc) is 2.93. The second-order valence-corrected chi connectivity index (χ2v) is 7.00. The van der Waals surface area contributed by atoms with Crippen LogP contribution in [-0.4, -0.2) is 37.6 Å². The maximum absolute atomic E-state index is 3.59. The van der Waals surface area contributed by atoms with Crippen LogP contribution in [0.2, 0.25) is 0 Å². The molecule has 0 heterocycles. The van der Waals surface area contributed by atoms with Crippen molar-refractivity contribution in [2.24, 2.45) is 11.8 Å². The van der Waals surface area contributed by atoms with Crippen LogP contribution in [0.15, 0.2) is 0 Å². The molecule has 0 aromatic heterocycles. The van der Waals surface area contributed by atoms with Crippen LogP contribution in [0.25, 0.3) is 0 Å². The fourth-order valence-corrected chi connectivity index (χ4v) is 4.48. The molecular formula is C17H34N2. The molecule has 2 rings (SSSR count). The lowest BCUT2D eigenvalue weighted by molar-refractivity contribution is 0.130. The van der Waals surface area contributed by atoms with E-state index in [0.717, 1.165) is 23.9 Å². The summed E-state index contributed by atoms with van der Waals surface area (Å²) in [6, 6.07) is 1.64. The molecule has 0 aliphatic heterocycles. The predicted octanol–water partition coefficient (Wildman–Crippen LogP) is 3.67. The van der Waals surface area contributed by atoms with Crippen LogP contribution in [0.1, 0.15) is 64.7 Å². The molecular weight excluding hydrogens is 232 g/mol. The maximum atomic E-state index is 3.59. The predicted molar refractivity (Wildman–Crippen MR) is 83.5 cm³/mol. The average molecular weight is 266 g/mol. The van der Waals surface area contributed by atoms with Gasteiger partial charge in [0.2, 0.25) is 0 Å². The molecule has 2 saturated carbocycles. The standard InChI is InChI=1S/C17H34N2/c1-4-7-14-10-11-17(18-2)15(12-14)13-19(3)16-8-5-6-9-16/h14-18H,4-13H2,1-3H3. The third kappa shape index (κ3) is 4.19. The van der Waals surface area contributed by atoms with Gasteiger partial charge in [-0.2, -0.15) is 0 Å². The molecule has 0 spiro atoms. The van der Waals surface area contributed by atoms with Gasteiger partial charge < -0.3 is 10.2 Å². The summed E-state index contributed by atoms with van der Waals surface area (Å²) in [4.78, 5) is 2.68. The highest BCUT2D eigenvalue weighted by Gasteiger charge is 2.31. The van der Waals surface area contributed by atoms with Crippen molar-refractivity contribution in [2.75, 3.05) is 20.6 Å². The third-order valence-electron chi connectivity index (χ3n) is 5.63. The van der Waals surface area contributed by atoms with Crippen molar-refractivity contribution in [2.45, 2.75) is 76.8 Å². The molecule has 3 unspecified atom stereocenters. The molecule has 2 aliphatic carbocycles. The molecule has 2 heteroatoms. The van der Waals surface area contributed by atoms with Crippen LogP contribution in [0.4, 0.5) is 0 Å². The molecule has 1 N–H and O–H groups in total. The smallest absolute Gasteiger partial charge is 0.0105 e. The maximum Gasteiger partial charge on any atom is 0.0105 e. The largest absolute Gasteiger partial charge is 0.317 e. The van der Waals surface area contributed by atoms with E-state index in [-0.39, 0.29) is 0 Å². The van der Waals surface area contributed by atoms with Crippen molar-refractivity contribution in [3.05, 3.63) is 0 Å². The summed E-state index contributed by atoms with van der Waals surface area (Å²) >= 11 is 0. The Hall–Kier alpha value is -0.0800. The normalized spacial score (nSPS) is 33.2. The van der Waals surface area contributed by atoms with Gasteiger partial charge in [0.25, 0.3) is 0 Å². The zero-order chi connectivity index (χ0) is 13.7. The Bertz CT molecular complexity index is 248. The topological polar surface area (TPSA) is 15.3 Å². The van der Waals surface area contributed by atoms with E-state index in [1.165, 1.54) is 64.3 Å². The van der Waals surface area contributed by atoms with E-state index in [9.17, 15) is 0 Å². The summed E-state index contributed by atoms with van der Waals surface area (Å²) in [6.07, 6.45) is 12.9. The zero-order valence-corrected chi connectivity index (χ0v) is 13.3.